The molecule has 2 heterocycles. The highest BCUT2D eigenvalue weighted by atomic mass is 16.5. The van der Waals surface area contributed by atoms with Crippen molar-refractivity contribution in [3.63, 3.8) is 0 Å². The van der Waals surface area contributed by atoms with Gasteiger partial charge in [0.05, 0.1) is 23.2 Å². The maximum absolute atomic E-state index is 13.0. The maximum Gasteiger partial charge on any atom is 0.261 e. The Hall–Kier alpha value is -3.81. The van der Waals surface area contributed by atoms with Crippen LogP contribution in [0.25, 0.3) is 0 Å². The van der Waals surface area contributed by atoms with E-state index in [-0.39, 0.29) is 29.0 Å². The van der Waals surface area contributed by atoms with Crippen LogP contribution in [0.1, 0.15) is 83.0 Å². The SMILES string of the molecule is CC(C)(C)c1nc(C(C)(C)NC(=O)c2ccc3c(c2)C(=O)N(Cc2ccccc2)C3=O)no1. The number of rotatable bonds is 5. The molecular formula is C25H26N4O4. The lowest BCUT2D eigenvalue weighted by Gasteiger charge is -2.22. The third-order valence-corrected chi connectivity index (χ3v) is 5.47. The second-order valence-corrected chi connectivity index (χ2v) is 9.69. The molecule has 0 aliphatic carbocycles. The van der Waals surface area contributed by atoms with Crippen LogP contribution in [0.2, 0.25) is 0 Å². The van der Waals surface area contributed by atoms with Gasteiger partial charge in [-0.3, -0.25) is 19.3 Å². The summed E-state index contributed by atoms with van der Waals surface area (Å²) in [6, 6.07) is 13.8. The lowest BCUT2D eigenvalue weighted by Crippen LogP contribution is -2.42. The van der Waals surface area contributed by atoms with Gasteiger partial charge in [-0.1, -0.05) is 56.3 Å². The number of fused-ring (bicyclic) bond motifs is 1. The van der Waals surface area contributed by atoms with Crippen LogP contribution < -0.4 is 5.32 Å². The van der Waals surface area contributed by atoms with Crippen molar-refractivity contribution in [3.05, 3.63) is 82.5 Å². The predicted octanol–water partition coefficient (Wildman–Crippen LogP) is 3.83. The molecule has 8 heteroatoms. The minimum Gasteiger partial charge on any atom is -0.340 e. The Bertz CT molecular complexity index is 1240. The van der Waals surface area contributed by atoms with Crippen molar-refractivity contribution < 1.29 is 18.9 Å². The van der Waals surface area contributed by atoms with Gasteiger partial charge in [0, 0.05) is 11.0 Å². The first-order valence-corrected chi connectivity index (χ1v) is 10.7. The fourth-order valence-electron chi connectivity index (χ4n) is 3.54. The summed E-state index contributed by atoms with van der Waals surface area (Å²) in [7, 11) is 0. The molecule has 1 N–H and O–H groups in total. The number of nitrogens with zero attached hydrogens (tertiary/aromatic N) is 3. The number of amides is 3. The van der Waals surface area contributed by atoms with Gasteiger partial charge in [0.15, 0.2) is 5.82 Å². The highest BCUT2D eigenvalue weighted by molar-refractivity contribution is 6.22. The Morgan fingerprint density at radius 2 is 1.64 bits per heavy atom. The van der Waals surface area contributed by atoms with Gasteiger partial charge in [-0.25, -0.2) is 0 Å². The molecule has 0 fully saturated rings. The molecule has 1 aliphatic heterocycles. The van der Waals surface area contributed by atoms with Gasteiger partial charge in [-0.2, -0.15) is 4.98 Å². The molecular weight excluding hydrogens is 420 g/mol. The fraction of sp³-hybridized carbons (Fsp3) is 0.320. The summed E-state index contributed by atoms with van der Waals surface area (Å²) in [5.41, 5.74) is 0.396. The minimum atomic E-state index is -0.914. The minimum absolute atomic E-state index is 0.176. The molecule has 0 atom stereocenters. The van der Waals surface area contributed by atoms with Crippen LogP contribution in [0, 0.1) is 0 Å². The fourth-order valence-corrected chi connectivity index (χ4v) is 3.54. The summed E-state index contributed by atoms with van der Waals surface area (Å²) in [5, 5.41) is 6.91. The summed E-state index contributed by atoms with van der Waals surface area (Å²) in [6.07, 6.45) is 0. The molecule has 1 aromatic heterocycles. The van der Waals surface area contributed by atoms with Crippen LogP contribution in [0.3, 0.4) is 0 Å². The molecule has 3 amide bonds. The molecule has 3 aromatic rings. The number of hydrogen-bond donors (Lipinski definition) is 1. The molecule has 0 saturated heterocycles. The Morgan fingerprint density at radius 3 is 2.27 bits per heavy atom. The standard InChI is InChI=1S/C25H26N4O4/c1-24(2,3)23-26-22(28-33-23)25(4,5)27-19(30)16-11-12-17-18(13-16)21(32)29(20(17)31)14-15-9-7-6-8-10-15/h6-13H,14H2,1-5H3,(H,27,30). The number of benzene rings is 2. The number of imide groups is 1. The van der Waals surface area contributed by atoms with E-state index in [0.29, 0.717) is 17.3 Å². The van der Waals surface area contributed by atoms with Gasteiger partial charge in [0.25, 0.3) is 17.7 Å². The van der Waals surface area contributed by atoms with Gasteiger partial charge in [0.1, 0.15) is 0 Å². The Kier molecular flexibility index (Phi) is 5.40. The normalized spacial score (nSPS) is 13.9. The van der Waals surface area contributed by atoms with Crippen LogP contribution in [0.15, 0.2) is 53.1 Å². The van der Waals surface area contributed by atoms with E-state index in [4.69, 9.17) is 4.52 Å². The summed E-state index contributed by atoms with van der Waals surface area (Å²) in [5.74, 6) is -0.373. The molecule has 0 bridgehead atoms. The number of hydrogen-bond acceptors (Lipinski definition) is 6. The Morgan fingerprint density at radius 1 is 0.970 bits per heavy atom. The van der Waals surface area contributed by atoms with E-state index < -0.39 is 17.4 Å². The van der Waals surface area contributed by atoms with Crippen molar-refractivity contribution >= 4 is 17.7 Å². The average Bonchev–Trinajstić information content (AvgIpc) is 3.35. The topological polar surface area (TPSA) is 105 Å². The van der Waals surface area contributed by atoms with Crippen LogP contribution in [0.4, 0.5) is 0 Å². The first-order valence-electron chi connectivity index (χ1n) is 10.7. The van der Waals surface area contributed by atoms with Crippen molar-refractivity contribution in [2.75, 3.05) is 0 Å². The van der Waals surface area contributed by atoms with E-state index in [1.54, 1.807) is 13.8 Å². The van der Waals surface area contributed by atoms with E-state index in [9.17, 15) is 14.4 Å². The first-order chi connectivity index (χ1) is 15.5. The smallest absolute Gasteiger partial charge is 0.261 e. The second-order valence-electron chi connectivity index (χ2n) is 9.69. The quantitative estimate of drug-likeness (QED) is 0.597. The highest BCUT2D eigenvalue weighted by Gasteiger charge is 2.37. The van der Waals surface area contributed by atoms with Gasteiger partial charge >= 0.3 is 0 Å². The zero-order valence-electron chi connectivity index (χ0n) is 19.3. The molecule has 1 aliphatic rings. The zero-order chi connectivity index (χ0) is 24.0. The Labute approximate surface area is 192 Å². The molecule has 33 heavy (non-hydrogen) atoms. The van der Waals surface area contributed by atoms with Crippen LogP contribution in [-0.2, 0) is 17.5 Å². The second kappa shape index (κ2) is 7.95. The number of aromatic nitrogens is 2. The van der Waals surface area contributed by atoms with E-state index in [1.807, 2.05) is 51.1 Å². The van der Waals surface area contributed by atoms with E-state index in [0.717, 1.165) is 5.56 Å². The average molecular weight is 447 g/mol. The lowest BCUT2D eigenvalue weighted by molar-refractivity contribution is 0.0642. The van der Waals surface area contributed by atoms with Crippen molar-refractivity contribution in [1.82, 2.24) is 20.4 Å². The molecule has 0 spiro atoms. The van der Waals surface area contributed by atoms with Crippen molar-refractivity contribution in [2.24, 2.45) is 0 Å². The summed E-state index contributed by atoms with van der Waals surface area (Å²) in [6.45, 7) is 9.59. The van der Waals surface area contributed by atoms with Crippen molar-refractivity contribution in [1.29, 1.82) is 0 Å². The monoisotopic (exact) mass is 446 g/mol. The van der Waals surface area contributed by atoms with Gasteiger partial charge in [0.2, 0.25) is 5.89 Å². The van der Waals surface area contributed by atoms with Crippen molar-refractivity contribution in [2.45, 2.75) is 52.1 Å². The van der Waals surface area contributed by atoms with Crippen LogP contribution in [-0.4, -0.2) is 32.8 Å². The summed E-state index contributed by atoms with van der Waals surface area (Å²) < 4.78 is 5.35. The number of carbonyl (C=O) groups is 3. The summed E-state index contributed by atoms with van der Waals surface area (Å²) >= 11 is 0. The number of carbonyl (C=O) groups excluding carboxylic acids is 3. The first kappa shape index (κ1) is 22.4. The van der Waals surface area contributed by atoms with Gasteiger partial charge < -0.3 is 9.84 Å². The van der Waals surface area contributed by atoms with E-state index in [1.165, 1.54) is 23.1 Å². The largest absolute Gasteiger partial charge is 0.340 e. The molecule has 170 valence electrons. The Balaban J connectivity index is 1.54. The molecule has 4 rings (SSSR count). The van der Waals surface area contributed by atoms with Crippen LogP contribution in [0.5, 0.6) is 0 Å². The third kappa shape index (κ3) is 4.28. The van der Waals surface area contributed by atoms with E-state index >= 15 is 0 Å². The lowest BCUT2D eigenvalue weighted by atomic mass is 9.96. The number of nitrogens with one attached hydrogen (secondary N) is 1. The third-order valence-electron chi connectivity index (χ3n) is 5.47. The van der Waals surface area contributed by atoms with E-state index in [2.05, 4.69) is 15.5 Å². The summed E-state index contributed by atoms with van der Waals surface area (Å²) in [4.78, 5) is 44.3. The van der Waals surface area contributed by atoms with Gasteiger partial charge in [-0.05, 0) is 37.6 Å². The molecule has 2 aromatic carbocycles. The van der Waals surface area contributed by atoms with Gasteiger partial charge in [-0.15, -0.1) is 0 Å². The highest BCUT2D eigenvalue weighted by Crippen LogP contribution is 2.27. The molecule has 0 saturated carbocycles. The molecule has 0 unspecified atom stereocenters. The van der Waals surface area contributed by atoms with Crippen molar-refractivity contribution in [3.8, 4) is 0 Å². The molecule has 8 nitrogen and oxygen atoms in total. The maximum atomic E-state index is 13.0. The predicted molar refractivity (Wildman–Crippen MR) is 121 cm³/mol. The molecule has 0 radical (unpaired) electrons. The zero-order valence-corrected chi connectivity index (χ0v) is 19.3. The van der Waals surface area contributed by atoms with Crippen LogP contribution >= 0.6 is 0 Å².